The van der Waals surface area contributed by atoms with Crippen molar-refractivity contribution in [1.82, 2.24) is 19.9 Å². The van der Waals surface area contributed by atoms with Gasteiger partial charge in [0, 0.05) is 36.5 Å². The first-order valence-electron chi connectivity index (χ1n) is 9.58. The van der Waals surface area contributed by atoms with E-state index in [0.29, 0.717) is 11.7 Å². The lowest BCUT2D eigenvalue weighted by Crippen LogP contribution is -2.33. The van der Waals surface area contributed by atoms with Crippen molar-refractivity contribution in [3.8, 4) is 17.1 Å². The van der Waals surface area contributed by atoms with E-state index in [1.54, 1.807) is 25.6 Å². The maximum atomic E-state index is 12.1. The van der Waals surface area contributed by atoms with Crippen LogP contribution < -0.4 is 10.3 Å². The Morgan fingerprint density at radius 3 is 2.64 bits per heavy atom. The Hall–Kier alpha value is -2.99. The van der Waals surface area contributed by atoms with Gasteiger partial charge < -0.3 is 9.72 Å². The summed E-state index contributed by atoms with van der Waals surface area (Å²) < 4.78 is 5.22. The van der Waals surface area contributed by atoms with Gasteiger partial charge in [-0.25, -0.2) is 4.98 Å². The number of rotatable bonds is 5. The molecule has 4 rings (SSSR count). The van der Waals surface area contributed by atoms with Crippen LogP contribution in [0.3, 0.4) is 0 Å². The highest BCUT2D eigenvalue weighted by atomic mass is 16.5. The lowest BCUT2D eigenvalue weighted by molar-refractivity contribution is 0.203. The fourth-order valence-corrected chi connectivity index (χ4v) is 3.70. The zero-order valence-electron chi connectivity index (χ0n) is 16.0. The van der Waals surface area contributed by atoms with Crippen LogP contribution in [0.5, 0.6) is 5.75 Å². The molecule has 1 fully saturated rings. The third-order valence-electron chi connectivity index (χ3n) is 5.27. The highest BCUT2D eigenvalue weighted by Crippen LogP contribution is 2.28. The minimum absolute atomic E-state index is 0.107. The number of methoxy groups -OCH3 is 1. The molecule has 0 amide bonds. The van der Waals surface area contributed by atoms with E-state index in [1.165, 1.54) is 5.56 Å². The molecule has 0 saturated carbocycles. The minimum Gasteiger partial charge on any atom is -0.497 e. The number of aromatic nitrogens is 3. The number of nitrogens with zero attached hydrogens (tertiary/aromatic N) is 3. The molecule has 3 heterocycles. The van der Waals surface area contributed by atoms with E-state index >= 15 is 0 Å². The monoisotopic (exact) mass is 376 g/mol. The molecule has 1 aromatic carbocycles. The Morgan fingerprint density at radius 2 is 1.96 bits per heavy atom. The van der Waals surface area contributed by atoms with E-state index in [-0.39, 0.29) is 5.56 Å². The highest BCUT2D eigenvalue weighted by molar-refractivity contribution is 5.52. The fraction of sp³-hybridized carbons (Fsp3) is 0.318. The maximum Gasteiger partial charge on any atom is 0.251 e. The summed E-state index contributed by atoms with van der Waals surface area (Å²) in [5.74, 6) is 1.79. The van der Waals surface area contributed by atoms with Gasteiger partial charge in [0.05, 0.1) is 12.8 Å². The maximum absolute atomic E-state index is 12.1. The molecule has 0 spiro atoms. The van der Waals surface area contributed by atoms with Gasteiger partial charge in [-0.3, -0.25) is 14.7 Å². The molecule has 6 heteroatoms. The standard InChI is InChI=1S/C22H24N4O2/c1-28-19-6-4-16(5-7-19)15-26-11-8-17(9-12-26)20-13-21(27)25-22(24-20)18-3-2-10-23-14-18/h2-7,10,13-14,17H,8-9,11-12,15H2,1H3,(H,24,25,27). The Bertz CT molecular complexity index is 962. The van der Waals surface area contributed by atoms with Gasteiger partial charge in [0.1, 0.15) is 11.6 Å². The van der Waals surface area contributed by atoms with E-state index in [1.807, 2.05) is 24.3 Å². The second-order valence-corrected chi connectivity index (χ2v) is 7.16. The quantitative estimate of drug-likeness (QED) is 0.740. The zero-order valence-corrected chi connectivity index (χ0v) is 16.0. The van der Waals surface area contributed by atoms with Crippen LogP contribution in [0, 0.1) is 0 Å². The number of hydrogen-bond acceptors (Lipinski definition) is 5. The van der Waals surface area contributed by atoms with Crippen molar-refractivity contribution >= 4 is 0 Å². The molecule has 1 N–H and O–H groups in total. The molecule has 2 aromatic heterocycles. The average Bonchev–Trinajstić information content (AvgIpc) is 2.75. The molecule has 1 aliphatic rings. The lowest BCUT2D eigenvalue weighted by atomic mass is 9.93. The minimum atomic E-state index is -0.107. The summed E-state index contributed by atoms with van der Waals surface area (Å²) in [4.78, 5) is 26.3. The third kappa shape index (κ3) is 4.28. The number of ether oxygens (including phenoxy) is 1. The first-order chi connectivity index (χ1) is 13.7. The number of benzene rings is 1. The summed E-state index contributed by atoms with van der Waals surface area (Å²) in [7, 11) is 1.68. The van der Waals surface area contributed by atoms with Crippen molar-refractivity contribution in [1.29, 1.82) is 0 Å². The second-order valence-electron chi connectivity index (χ2n) is 7.16. The topological polar surface area (TPSA) is 71.1 Å². The molecule has 6 nitrogen and oxygen atoms in total. The summed E-state index contributed by atoms with van der Waals surface area (Å²) in [6.45, 7) is 2.92. The molecule has 1 aliphatic heterocycles. The number of aromatic amines is 1. The Kier molecular flexibility index (Phi) is 5.48. The van der Waals surface area contributed by atoms with Gasteiger partial charge in [-0.15, -0.1) is 0 Å². The number of piperidine rings is 1. The molecular formula is C22H24N4O2. The van der Waals surface area contributed by atoms with Gasteiger partial charge in [0.25, 0.3) is 5.56 Å². The Labute approximate surface area is 164 Å². The van der Waals surface area contributed by atoms with E-state index in [2.05, 4.69) is 27.0 Å². The highest BCUT2D eigenvalue weighted by Gasteiger charge is 2.22. The molecule has 0 unspecified atom stereocenters. The summed E-state index contributed by atoms with van der Waals surface area (Å²) in [5, 5.41) is 0. The number of hydrogen-bond donors (Lipinski definition) is 1. The van der Waals surface area contributed by atoms with Crippen LogP contribution in [0.15, 0.2) is 59.7 Å². The zero-order chi connectivity index (χ0) is 19.3. The first kappa shape index (κ1) is 18.4. The van der Waals surface area contributed by atoms with Crippen LogP contribution in [0.2, 0.25) is 0 Å². The van der Waals surface area contributed by atoms with Crippen molar-refractivity contribution in [2.45, 2.75) is 25.3 Å². The SMILES string of the molecule is COc1ccc(CN2CCC(c3cc(=O)[nH]c(-c4cccnc4)n3)CC2)cc1. The van der Waals surface area contributed by atoms with Crippen molar-refractivity contribution in [2.24, 2.45) is 0 Å². The Balaban J connectivity index is 1.42. The largest absolute Gasteiger partial charge is 0.497 e. The first-order valence-corrected chi connectivity index (χ1v) is 9.58. The summed E-state index contributed by atoms with van der Waals surface area (Å²) in [6, 6.07) is 13.6. The van der Waals surface area contributed by atoms with Gasteiger partial charge in [0.2, 0.25) is 0 Å². The molecule has 0 radical (unpaired) electrons. The van der Waals surface area contributed by atoms with Gasteiger partial charge in [0.15, 0.2) is 0 Å². The molecule has 0 bridgehead atoms. The van der Waals surface area contributed by atoms with E-state index in [9.17, 15) is 4.79 Å². The average molecular weight is 376 g/mol. The van der Waals surface area contributed by atoms with Gasteiger partial charge >= 0.3 is 0 Å². The van der Waals surface area contributed by atoms with Gasteiger partial charge in [-0.05, 0) is 55.8 Å². The molecule has 0 aliphatic carbocycles. The van der Waals surface area contributed by atoms with Crippen LogP contribution in [0.25, 0.3) is 11.4 Å². The number of pyridine rings is 1. The van der Waals surface area contributed by atoms with Crippen molar-refractivity contribution in [2.75, 3.05) is 20.2 Å². The van der Waals surface area contributed by atoms with Crippen LogP contribution in [0.1, 0.15) is 30.0 Å². The molecule has 1 saturated heterocycles. The predicted molar refractivity (Wildman–Crippen MR) is 108 cm³/mol. The molecule has 144 valence electrons. The van der Waals surface area contributed by atoms with Crippen molar-refractivity contribution in [3.05, 3.63) is 76.5 Å². The van der Waals surface area contributed by atoms with Gasteiger partial charge in [-0.2, -0.15) is 0 Å². The van der Waals surface area contributed by atoms with Crippen LogP contribution in [-0.4, -0.2) is 40.1 Å². The smallest absolute Gasteiger partial charge is 0.251 e. The molecule has 28 heavy (non-hydrogen) atoms. The number of H-pyrrole nitrogens is 1. The number of likely N-dealkylation sites (tertiary alicyclic amines) is 1. The second kappa shape index (κ2) is 8.35. The molecular weight excluding hydrogens is 352 g/mol. The summed E-state index contributed by atoms with van der Waals surface area (Å²) in [6.07, 6.45) is 5.43. The van der Waals surface area contributed by atoms with Crippen molar-refractivity contribution < 1.29 is 4.74 Å². The van der Waals surface area contributed by atoms with Gasteiger partial charge in [-0.1, -0.05) is 12.1 Å². The summed E-state index contributed by atoms with van der Waals surface area (Å²) in [5.41, 5.74) is 2.89. The van der Waals surface area contributed by atoms with Crippen LogP contribution >= 0.6 is 0 Å². The summed E-state index contributed by atoms with van der Waals surface area (Å²) >= 11 is 0. The van der Waals surface area contributed by atoms with E-state index in [4.69, 9.17) is 9.72 Å². The third-order valence-corrected chi connectivity index (χ3v) is 5.27. The number of nitrogens with one attached hydrogen (secondary N) is 1. The molecule has 0 atom stereocenters. The van der Waals surface area contributed by atoms with E-state index < -0.39 is 0 Å². The Morgan fingerprint density at radius 1 is 1.18 bits per heavy atom. The lowest BCUT2D eigenvalue weighted by Gasteiger charge is -2.31. The molecule has 3 aromatic rings. The predicted octanol–water partition coefficient (Wildman–Crippen LogP) is 3.22. The fourth-order valence-electron chi connectivity index (χ4n) is 3.70. The van der Waals surface area contributed by atoms with Crippen molar-refractivity contribution in [3.63, 3.8) is 0 Å². The van der Waals surface area contributed by atoms with E-state index in [0.717, 1.165) is 49.5 Å². The van der Waals surface area contributed by atoms with Crippen LogP contribution in [0.4, 0.5) is 0 Å². The normalized spacial score (nSPS) is 15.5. The van der Waals surface area contributed by atoms with Crippen LogP contribution in [-0.2, 0) is 6.54 Å².